The normalized spacial score (nSPS) is 23.9. The van der Waals surface area contributed by atoms with Crippen LogP contribution in [-0.4, -0.2) is 23.7 Å². The highest BCUT2D eigenvalue weighted by atomic mass is 16.6. The van der Waals surface area contributed by atoms with Crippen molar-refractivity contribution >= 4 is 11.4 Å². The minimum Gasteiger partial charge on any atom is -0.378 e. The number of anilines is 1. The van der Waals surface area contributed by atoms with Crippen LogP contribution in [0.5, 0.6) is 0 Å². The zero-order valence-corrected chi connectivity index (χ0v) is 14.3. The number of ether oxygens (including phenoxy) is 1. The maximum Gasteiger partial charge on any atom is 0.293 e. The zero-order chi connectivity index (χ0) is 17.1. The number of nitro groups is 1. The molecule has 6 nitrogen and oxygen atoms in total. The summed E-state index contributed by atoms with van der Waals surface area (Å²) in [6.07, 6.45) is 7.43. The SMILES string of the molecule is CCCOC1CCC(N(N)c2cc(C3CC3)ccc2[N+](=O)[O-])CC1. The lowest BCUT2D eigenvalue weighted by Gasteiger charge is -2.35. The molecule has 0 heterocycles. The van der Waals surface area contributed by atoms with Crippen molar-refractivity contribution in [2.45, 2.75) is 69.9 Å². The van der Waals surface area contributed by atoms with Crippen LogP contribution in [0, 0.1) is 10.1 Å². The van der Waals surface area contributed by atoms with Crippen molar-refractivity contribution in [1.29, 1.82) is 0 Å². The molecule has 0 bridgehead atoms. The summed E-state index contributed by atoms with van der Waals surface area (Å²) < 4.78 is 5.82. The van der Waals surface area contributed by atoms with Crippen molar-refractivity contribution in [3.63, 3.8) is 0 Å². The zero-order valence-electron chi connectivity index (χ0n) is 14.3. The molecule has 0 atom stereocenters. The van der Waals surface area contributed by atoms with Crippen molar-refractivity contribution in [2.24, 2.45) is 5.84 Å². The Morgan fingerprint density at radius 3 is 2.54 bits per heavy atom. The lowest BCUT2D eigenvalue weighted by atomic mass is 9.92. The van der Waals surface area contributed by atoms with E-state index in [2.05, 4.69) is 6.92 Å². The Morgan fingerprint density at radius 1 is 1.25 bits per heavy atom. The summed E-state index contributed by atoms with van der Waals surface area (Å²) in [6.45, 7) is 2.91. The highest BCUT2D eigenvalue weighted by Gasteiger charge is 2.31. The molecule has 3 rings (SSSR count). The van der Waals surface area contributed by atoms with Gasteiger partial charge in [0.25, 0.3) is 5.69 Å². The molecule has 0 unspecified atom stereocenters. The second-order valence-electron chi connectivity index (χ2n) is 6.99. The van der Waals surface area contributed by atoms with Crippen molar-refractivity contribution in [3.8, 4) is 0 Å². The van der Waals surface area contributed by atoms with Crippen LogP contribution in [0.3, 0.4) is 0 Å². The number of hydrogen-bond acceptors (Lipinski definition) is 5. The summed E-state index contributed by atoms with van der Waals surface area (Å²) in [5.41, 5.74) is 1.83. The molecule has 0 spiro atoms. The lowest BCUT2D eigenvalue weighted by Crippen LogP contribution is -2.44. The van der Waals surface area contributed by atoms with E-state index in [1.807, 2.05) is 12.1 Å². The van der Waals surface area contributed by atoms with Gasteiger partial charge >= 0.3 is 0 Å². The van der Waals surface area contributed by atoms with Crippen LogP contribution in [0.1, 0.15) is 63.4 Å². The minimum absolute atomic E-state index is 0.103. The number of nitro benzene ring substituents is 1. The topological polar surface area (TPSA) is 81.6 Å². The van der Waals surface area contributed by atoms with Crippen LogP contribution in [0.2, 0.25) is 0 Å². The molecule has 0 aromatic heterocycles. The van der Waals surface area contributed by atoms with Gasteiger partial charge in [0, 0.05) is 18.7 Å². The Hall–Kier alpha value is -1.66. The van der Waals surface area contributed by atoms with Crippen LogP contribution in [0.15, 0.2) is 18.2 Å². The molecular weight excluding hydrogens is 306 g/mol. The van der Waals surface area contributed by atoms with Crippen molar-refractivity contribution < 1.29 is 9.66 Å². The van der Waals surface area contributed by atoms with Crippen molar-refractivity contribution in [2.75, 3.05) is 11.6 Å². The second kappa shape index (κ2) is 7.49. The monoisotopic (exact) mass is 333 g/mol. The van der Waals surface area contributed by atoms with Crippen molar-refractivity contribution in [1.82, 2.24) is 0 Å². The van der Waals surface area contributed by atoms with E-state index in [-0.39, 0.29) is 16.7 Å². The molecule has 0 radical (unpaired) electrons. The molecule has 0 amide bonds. The molecule has 2 aliphatic rings. The van der Waals surface area contributed by atoms with Gasteiger partial charge in [-0.05, 0) is 62.5 Å². The van der Waals surface area contributed by atoms with Gasteiger partial charge in [0.2, 0.25) is 0 Å². The summed E-state index contributed by atoms with van der Waals surface area (Å²) >= 11 is 0. The highest BCUT2D eigenvalue weighted by molar-refractivity contribution is 5.65. The third-order valence-electron chi connectivity index (χ3n) is 5.12. The Labute approximate surface area is 143 Å². The van der Waals surface area contributed by atoms with E-state index in [1.165, 1.54) is 18.4 Å². The van der Waals surface area contributed by atoms with Gasteiger partial charge in [0.15, 0.2) is 0 Å². The van der Waals surface area contributed by atoms with Gasteiger partial charge in [-0.2, -0.15) is 0 Å². The van der Waals surface area contributed by atoms with E-state index >= 15 is 0 Å². The van der Waals surface area contributed by atoms with Crippen molar-refractivity contribution in [3.05, 3.63) is 33.9 Å². The molecule has 2 N–H and O–H groups in total. The van der Waals surface area contributed by atoms with Gasteiger partial charge in [-0.25, -0.2) is 5.84 Å². The van der Waals surface area contributed by atoms with Gasteiger partial charge < -0.3 is 9.75 Å². The molecule has 2 saturated carbocycles. The van der Waals surface area contributed by atoms with Gasteiger partial charge in [-0.15, -0.1) is 0 Å². The number of rotatable bonds is 7. The summed E-state index contributed by atoms with van der Waals surface area (Å²) in [5.74, 6) is 6.88. The van der Waals surface area contributed by atoms with E-state index in [1.54, 1.807) is 11.1 Å². The second-order valence-corrected chi connectivity index (χ2v) is 6.99. The summed E-state index contributed by atoms with van der Waals surface area (Å²) in [4.78, 5) is 11.0. The Morgan fingerprint density at radius 2 is 1.96 bits per heavy atom. The smallest absolute Gasteiger partial charge is 0.293 e. The van der Waals surface area contributed by atoms with Crippen LogP contribution < -0.4 is 10.9 Å². The maximum absolute atomic E-state index is 11.4. The van der Waals surface area contributed by atoms with E-state index in [0.29, 0.717) is 17.7 Å². The number of hydrazine groups is 1. The van der Waals surface area contributed by atoms with E-state index in [0.717, 1.165) is 38.7 Å². The number of hydrogen-bond donors (Lipinski definition) is 1. The first-order valence-electron chi connectivity index (χ1n) is 9.04. The third kappa shape index (κ3) is 3.87. The Balaban J connectivity index is 1.71. The Kier molecular flexibility index (Phi) is 5.36. The van der Waals surface area contributed by atoms with Crippen LogP contribution in [-0.2, 0) is 4.74 Å². The largest absolute Gasteiger partial charge is 0.378 e. The first kappa shape index (κ1) is 17.2. The molecule has 2 fully saturated rings. The number of nitrogens with two attached hydrogens (primary N) is 1. The van der Waals surface area contributed by atoms with E-state index < -0.39 is 0 Å². The highest BCUT2D eigenvalue weighted by Crippen LogP contribution is 2.43. The lowest BCUT2D eigenvalue weighted by molar-refractivity contribution is -0.384. The Bertz CT molecular complexity index is 581. The quantitative estimate of drug-likeness (QED) is 0.465. The molecule has 1 aromatic carbocycles. The van der Waals surface area contributed by atoms with E-state index in [9.17, 15) is 10.1 Å². The van der Waals surface area contributed by atoms with Gasteiger partial charge in [-0.3, -0.25) is 10.1 Å². The molecule has 1 aromatic rings. The minimum atomic E-state index is -0.331. The fourth-order valence-electron chi connectivity index (χ4n) is 3.54. The van der Waals surface area contributed by atoms with Crippen LogP contribution in [0.4, 0.5) is 11.4 Å². The van der Waals surface area contributed by atoms with Gasteiger partial charge in [-0.1, -0.05) is 13.0 Å². The molecule has 0 aliphatic heterocycles. The van der Waals surface area contributed by atoms with Gasteiger partial charge in [0.1, 0.15) is 5.69 Å². The third-order valence-corrected chi connectivity index (χ3v) is 5.12. The molecular formula is C18H27N3O3. The standard InChI is InChI=1S/C18H27N3O3/c1-2-11-24-16-8-6-15(7-9-16)20(19)18-12-14(13-3-4-13)5-10-17(18)21(22)23/h5,10,12-13,15-16H,2-4,6-9,11,19H2,1H3. The number of benzene rings is 1. The average molecular weight is 333 g/mol. The van der Waals surface area contributed by atoms with Crippen LogP contribution in [0.25, 0.3) is 0 Å². The molecule has 132 valence electrons. The van der Waals surface area contributed by atoms with E-state index in [4.69, 9.17) is 10.6 Å². The first-order valence-corrected chi connectivity index (χ1v) is 9.04. The maximum atomic E-state index is 11.4. The first-order chi connectivity index (χ1) is 11.6. The predicted octanol–water partition coefficient (Wildman–Crippen LogP) is 3.89. The fourth-order valence-corrected chi connectivity index (χ4v) is 3.54. The fraction of sp³-hybridized carbons (Fsp3) is 0.667. The summed E-state index contributed by atoms with van der Waals surface area (Å²) in [6, 6.07) is 5.55. The molecule has 2 aliphatic carbocycles. The summed E-state index contributed by atoms with van der Waals surface area (Å²) in [5, 5.41) is 13.0. The van der Waals surface area contributed by atoms with Gasteiger partial charge in [0.05, 0.1) is 11.0 Å². The molecule has 6 heteroatoms. The molecule has 0 saturated heterocycles. The van der Waals surface area contributed by atoms with Crippen LogP contribution >= 0.6 is 0 Å². The number of nitrogens with zero attached hydrogens (tertiary/aromatic N) is 2. The predicted molar refractivity (Wildman–Crippen MR) is 94.0 cm³/mol. The average Bonchev–Trinajstić information content (AvgIpc) is 3.44. The summed E-state index contributed by atoms with van der Waals surface area (Å²) in [7, 11) is 0. The molecule has 24 heavy (non-hydrogen) atoms.